The van der Waals surface area contributed by atoms with Crippen LogP contribution in [0, 0.1) is 5.92 Å². The van der Waals surface area contributed by atoms with E-state index in [1.165, 1.54) is 30.6 Å². The monoisotopic (exact) mass is 337 g/mol. The van der Waals surface area contributed by atoms with Gasteiger partial charge < -0.3 is 10.6 Å². The summed E-state index contributed by atoms with van der Waals surface area (Å²) in [4.78, 5) is 29.4. The van der Waals surface area contributed by atoms with Gasteiger partial charge in [-0.2, -0.15) is 0 Å². The van der Waals surface area contributed by atoms with E-state index in [0.29, 0.717) is 17.5 Å². The van der Waals surface area contributed by atoms with E-state index in [2.05, 4.69) is 29.5 Å². The topological polar surface area (TPSA) is 71.1 Å². The summed E-state index contributed by atoms with van der Waals surface area (Å²) >= 11 is 1.58. The maximum absolute atomic E-state index is 11.9. The molecule has 2 amide bonds. The van der Waals surface area contributed by atoms with Gasteiger partial charge >= 0.3 is 0 Å². The minimum Gasteiger partial charge on any atom is -0.347 e. The third kappa shape index (κ3) is 6.29. The van der Waals surface area contributed by atoms with E-state index in [-0.39, 0.29) is 18.4 Å². The van der Waals surface area contributed by atoms with E-state index in [1.807, 2.05) is 0 Å². The zero-order chi connectivity index (χ0) is 16.7. The van der Waals surface area contributed by atoms with Crippen molar-refractivity contribution in [3.8, 4) is 0 Å². The number of aromatic nitrogens is 1. The number of nitrogens with zero attached hydrogens (tertiary/aromatic N) is 1. The summed E-state index contributed by atoms with van der Waals surface area (Å²) < 4.78 is 0. The van der Waals surface area contributed by atoms with E-state index in [4.69, 9.17) is 0 Å². The first-order chi connectivity index (χ1) is 11.0. The predicted octanol–water partition coefficient (Wildman–Crippen LogP) is 3.29. The molecule has 0 unspecified atom stereocenters. The molecule has 0 bridgehead atoms. The molecule has 0 aromatic carbocycles. The lowest BCUT2D eigenvalue weighted by Crippen LogP contribution is -2.32. The number of hydrogen-bond acceptors (Lipinski definition) is 4. The smallest absolute Gasteiger partial charge is 0.245 e. The minimum atomic E-state index is -0.204. The zero-order valence-electron chi connectivity index (χ0n) is 14.1. The van der Waals surface area contributed by atoms with Crippen molar-refractivity contribution in [2.75, 3.05) is 11.9 Å². The van der Waals surface area contributed by atoms with Crippen LogP contribution in [0.2, 0.25) is 0 Å². The average molecular weight is 337 g/mol. The number of anilines is 1. The van der Waals surface area contributed by atoms with Crippen LogP contribution in [-0.4, -0.2) is 23.3 Å². The highest BCUT2D eigenvalue weighted by Crippen LogP contribution is 2.28. The summed E-state index contributed by atoms with van der Waals surface area (Å²) in [7, 11) is 0. The standard InChI is InChI=1S/C17H27N3O2S/c1-12(2)9-10-15(21)18-11-16(22)20-17-19-13-7-5-3-4-6-8-14(13)23-17/h12H,3-11H2,1-2H3,(H,18,21)(H,19,20,22). The van der Waals surface area contributed by atoms with E-state index in [9.17, 15) is 9.59 Å². The van der Waals surface area contributed by atoms with Crippen LogP contribution in [-0.2, 0) is 22.4 Å². The van der Waals surface area contributed by atoms with Crippen LogP contribution in [0.1, 0.15) is 62.9 Å². The molecule has 2 N–H and O–H groups in total. The molecule has 0 aliphatic heterocycles. The average Bonchev–Trinajstić information content (AvgIpc) is 2.84. The van der Waals surface area contributed by atoms with Crippen molar-refractivity contribution < 1.29 is 9.59 Å². The van der Waals surface area contributed by atoms with Gasteiger partial charge in [-0.05, 0) is 38.0 Å². The third-order valence-electron chi connectivity index (χ3n) is 3.99. The summed E-state index contributed by atoms with van der Waals surface area (Å²) in [5.74, 6) is 0.217. The zero-order valence-corrected chi connectivity index (χ0v) is 14.9. The molecular formula is C17H27N3O2S. The molecule has 1 aliphatic carbocycles. The molecule has 128 valence electrons. The summed E-state index contributed by atoms with van der Waals surface area (Å²) in [6, 6.07) is 0. The SMILES string of the molecule is CC(C)CCC(=O)NCC(=O)Nc1nc2c(s1)CCCCCC2. The number of fused-ring (bicyclic) bond motifs is 1. The lowest BCUT2D eigenvalue weighted by molar-refractivity contribution is -0.124. The number of hydrogen-bond donors (Lipinski definition) is 2. The van der Waals surface area contributed by atoms with Crippen LogP contribution < -0.4 is 10.6 Å². The van der Waals surface area contributed by atoms with Crippen LogP contribution in [0.25, 0.3) is 0 Å². The first-order valence-corrected chi connectivity index (χ1v) is 9.41. The van der Waals surface area contributed by atoms with E-state index in [0.717, 1.165) is 25.0 Å². The van der Waals surface area contributed by atoms with Crippen molar-refractivity contribution in [3.05, 3.63) is 10.6 Å². The van der Waals surface area contributed by atoms with Gasteiger partial charge in [0.15, 0.2) is 5.13 Å². The van der Waals surface area contributed by atoms with Gasteiger partial charge in [0.05, 0.1) is 12.2 Å². The maximum atomic E-state index is 11.9. The number of carbonyl (C=O) groups excluding carboxylic acids is 2. The highest BCUT2D eigenvalue weighted by Gasteiger charge is 2.15. The Morgan fingerprint density at radius 1 is 1.13 bits per heavy atom. The number of thiazole rings is 1. The predicted molar refractivity (Wildman–Crippen MR) is 93.7 cm³/mol. The number of rotatable bonds is 6. The van der Waals surface area contributed by atoms with Crippen molar-refractivity contribution in [1.29, 1.82) is 0 Å². The quantitative estimate of drug-likeness (QED) is 0.837. The second-order valence-electron chi connectivity index (χ2n) is 6.56. The van der Waals surface area contributed by atoms with Crippen molar-refractivity contribution in [2.24, 2.45) is 5.92 Å². The van der Waals surface area contributed by atoms with Crippen LogP contribution in [0.5, 0.6) is 0 Å². The molecule has 6 heteroatoms. The molecule has 0 saturated carbocycles. The van der Waals surface area contributed by atoms with Gasteiger partial charge in [0.2, 0.25) is 11.8 Å². The Labute approximate surface area is 142 Å². The van der Waals surface area contributed by atoms with Crippen molar-refractivity contribution in [2.45, 2.75) is 65.2 Å². The lowest BCUT2D eigenvalue weighted by atomic mass is 10.0. The first-order valence-electron chi connectivity index (χ1n) is 8.59. The van der Waals surface area contributed by atoms with Gasteiger partial charge in [0.25, 0.3) is 0 Å². The molecule has 0 saturated heterocycles. The number of amides is 2. The van der Waals surface area contributed by atoms with E-state index < -0.39 is 0 Å². The molecule has 0 atom stereocenters. The largest absolute Gasteiger partial charge is 0.347 e. The lowest BCUT2D eigenvalue weighted by Gasteiger charge is -2.06. The molecular weight excluding hydrogens is 310 g/mol. The van der Waals surface area contributed by atoms with Crippen molar-refractivity contribution >= 4 is 28.3 Å². The second kappa shape index (κ2) is 9.01. The second-order valence-corrected chi connectivity index (χ2v) is 7.64. The Hall–Kier alpha value is -1.43. The molecule has 23 heavy (non-hydrogen) atoms. The summed E-state index contributed by atoms with van der Waals surface area (Å²) in [5, 5.41) is 6.14. The van der Waals surface area contributed by atoms with Crippen LogP contribution in [0.3, 0.4) is 0 Å². The molecule has 1 aromatic heterocycles. The Bertz CT molecular complexity index is 514. The molecule has 1 aliphatic rings. The number of aryl methyl sites for hydroxylation is 2. The first kappa shape index (κ1) is 17.9. The Morgan fingerprint density at radius 3 is 2.61 bits per heavy atom. The Morgan fingerprint density at radius 2 is 1.87 bits per heavy atom. The van der Waals surface area contributed by atoms with Gasteiger partial charge in [0, 0.05) is 11.3 Å². The molecule has 1 aromatic rings. The molecule has 0 fully saturated rings. The third-order valence-corrected chi connectivity index (χ3v) is 5.06. The Kier molecular flexibility index (Phi) is 7.02. The van der Waals surface area contributed by atoms with Crippen molar-refractivity contribution in [1.82, 2.24) is 10.3 Å². The fourth-order valence-corrected chi connectivity index (χ4v) is 3.68. The van der Waals surface area contributed by atoms with Gasteiger partial charge in [-0.3, -0.25) is 9.59 Å². The normalized spacial score (nSPS) is 14.7. The van der Waals surface area contributed by atoms with E-state index >= 15 is 0 Å². The van der Waals surface area contributed by atoms with Gasteiger partial charge in [-0.1, -0.05) is 26.7 Å². The van der Waals surface area contributed by atoms with Gasteiger partial charge in [0.1, 0.15) is 0 Å². The van der Waals surface area contributed by atoms with Gasteiger partial charge in [-0.15, -0.1) is 11.3 Å². The number of nitrogens with one attached hydrogen (secondary N) is 2. The summed E-state index contributed by atoms with van der Waals surface area (Å²) in [6.45, 7) is 4.17. The van der Waals surface area contributed by atoms with E-state index in [1.54, 1.807) is 11.3 Å². The fourth-order valence-electron chi connectivity index (χ4n) is 2.61. The van der Waals surface area contributed by atoms with Gasteiger partial charge in [-0.25, -0.2) is 4.98 Å². The molecule has 1 heterocycles. The van der Waals surface area contributed by atoms with Crippen LogP contribution in [0.4, 0.5) is 5.13 Å². The highest BCUT2D eigenvalue weighted by molar-refractivity contribution is 7.15. The number of carbonyl (C=O) groups is 2. The van der Waals surface area contributed by atoms with Crippen LogP contribution >= 0.6 is 11.3 Å². The molecule has 0 spiro atoms. The van der Waals surface area contributed by atoms with Crippen LogP contribution in [0.15, 0.2) is 0 Å². The molecule has 2 rings (SSSR count). The maximum Gasteiger partial charge on any atom is 0.245 e. The fraction of sp³-hybridized carbons (Fsp3) is 0.706. The Balaban J connectivity index is 1.79. The highest BCUT2D eigenvalue weighted by atomic mass is 32.1. The molecule has 0 radical (unpaired) electrons. The molecule has 5 nitrogen and oxygen atoms in total. The summed E-state index contributed by atoms with van der Waals surface area (Å²) in [6.07, 6.45) is 8.30. The summed E-state index contributed by atoms with van der Waals surface area (Å²) in [5.41, 5.74) is 1.14. The van der Waals surface area contributed by atoms with Crippen molar-refractivity contribution in [3.63, 3.8) is 0 Å². The minimum absolute atomic E-state index is 0.0151.